The average Bonchev–Trinajstić information content (AvgIpc) is 2.65. The Hall–Kier alpha value is -1.17. The van der Waals surface area contributed by atoms with Crippen LogP contribution in [0, 0.1) is 10.6 Å². The second-order valence-corrected chi connectivity index (χ2v) is 5.73. The lowest BCUT2D eigenvalue weighted by molar-refractivity contribution is 0.629. The lowest BCUT2D eigenvalue weighted by Crippen LogP contribution is -1.95. The fourth-order valence-corrected chi connectivity index (χ4v) is 3.04. The standard InChI is InChI=1S/C13H7BrClFN2S/c14-7-1-4-11(9(15)5-7)18-12-6-8(16)2-3-10(12)17-13(18)19/h1-6H,(H,17,19). The van der Waals surface area contributed by atoms with Gasteiger partial charge in [0.05, 0.1) is 21.7 Å². The molecule has 0 unspecified atom stereocenters. The van der Waals surface area contributed by atoms with Crippen molar-refractivity contribution in [2.24, 2.45) is 0 Å². The van der Waals surface area contributed by atoms with Crippen molar-refractivity contribution in [3.05, 3.63) is 56.5 Å². The predicted octanol–water partition coefficient (Wildman–Crippen LogP) is 5.24. The number of rotatable bonds is 1. The normalized spacial score (nSPS) is 11.1. The fourth-order valence-electron chi connectivity index (χ4n) is 1.98. The topological polar surface area (TPSA) is 20.7 Å². The molecule has 1 aromatic heterocycles. The van der Waals surface area contributed by atoms with Gasteiger partial charge in [0.15, 0.2) is 4.77 Å². The third kappa shape index (κ3) is 2.22. The van der Waals surface area contributed by atoms with Gasteiger partial charge in [0.1, 0.15) is 5.82 Å². The van der Waals surface area contributed by atoms with Gasteiger partial charge in [-0.1, -0.05) is 27.5 Å². The number of nitrogens with one attached hydrogen (secondary N) is 1. The number of hydrogen-bond donors (Lipinski definition) is 1. The molecule has 0 fully saturated rings. The van der Waals surface area contributed by atoms with Gasteiger partial charge in [-0.25, -0.2) is 4.39 Å². The Morgan fingerprint density at radius 1 is 1.21 bits per heavy atom. The van der Waals surface area contributed by atoms with Crippen LogP contribution in [0.1, 0.15) is 0 Å². The molecule has 0 aliphatic heterocycles. The Balaban J connectivity index is 2.38. The molecule has 3 aromatic rings. The highest BCUT2D eigenvalue weighted by Gasteiger charge is 2.10. The maximum absolute atomic E-state index is 13.4. The second-order valence-electron chi connectivity index (χ2n) is 4.02. The summed E-state index contributed by atoms with van der Waals surface area (Å²) in [6.07, 6.45) is 0. The molecule has 2 nitrogen and oxygen atoms in total. The highest BCUT2D eigenvalue weighted by molar-refractivity contribution is 9.10. The largest absolute Gasteiger partial charge is 0.330 e. The molecule has 0 bridgehead atoms. The molecule has 0 aliphatic rings. The first-order valence-electron chi connectivity index (χ1n) is 5.42. The van der Waals surface area contributed by atoms with E-state index in [0.29, 0.717) is 21.0 Å². The molecule has 3 rings (SSSR count). The Kier molecular flexibility index (Phi) is 3.20. The highest BCUT2D eigenvalue weighted by Crippen LogP contribution is 2.28. The van der Waals surface area contributed by atoms with Crippen LogP contribution in [0.4, 0.5) is 4.39 Å². The molecule has 0 aliphatic carbocycles. The number of aromatic amines is 1. The van der Waals surface area contributed by atoms with E-state index in [4.69, 9.17) is 23.8 Å². The van der Waals surface area contributed by atoms with Gasteiger partial charge in [0.25, 0.3) is 0 Å². The number of H-pyrrole nitrogens is 1. The summed E-state index contributed by atoms with van der Waals surface area (Å²) >= 11 is 14.9. The number of hydrogen-bond acceptors (Lipinski definition) is 1. The van der Waals surface area contributed by atoms with Crippen LogP contribution in [-0.2, 0) is 0 Å². The number of benzene rings is 2. The van der Waals surface area contributed by atoms with Crippen LogP contribution < -0.4 is 0 Å². The van der Waals surface area contributed by atoms with E-state index in [1.54, 1.807) is 16.7 Å². The molecule has 0 radical (unpaired) electrons. The first-order chi connectivity index (χ1) is 9.06. The molecule has 0 saturated carbocycles. The predicted molar refractivity (Wildman–Crippen MR) is 81.1 cm³/mol. The van der Waals surface area contributed by atoms with Gasteiger partial charge < -0.3 is 4.98 Å². The van der Waals surface area contributed by atoms with Crippen LogP contribution in [-0.4, -0.2) is 9.55 Å². The smallest absolute Gasteiger partial charge is 0.182 e. The first-order valence-corrected chi connectivity index (χ1v) is 7.00. The fraction of sp³-hybridized carbons (Fsp3) is 0. The minimum absolute atomic E-state index is 0.316. The van der Waals surface area contributed by atoms with Gasteiger partial charge in [-0.05, 0) is 42.5 Å². The molecule has 0 atom stereocenters. The van der Waals surface area contributed by atoms with Gasteiger partial charge in [-0.3, -0.25) is 4.57 Å². The van der Waals surface area contributed by atoms with Crippen LogP contribution in [0.15, 0.2) is 40.9 Å². The summed E-state index contributed by atoms with van der Waals surface area (Å²) in [4.78, 5) is 3.04. The highest BCUT2D eigenvalue weighted by atomic mass is 79.9. The minimum Gasteiger partial charge on any atom is -0.330 e. The van der Waals surface area contributed by atoms with E-state index in [1.165, 1.54) is 12.1 Å². The van der Waals surface area contributed by atoms with E-state index in [-0.39, 0.29) is 5.82 Å². The summed E-state index contributed by atoms with van der Waals surface area (Å²) in [6, 6.07) is 9.95. The summed E-state index contributed by atoms with van der Waals surface area (Å²) < 4.78 is 16.5. The van der Waals surface area contributed by atoms with Gasteiger partial charge in [-0.15, -0.1) is 0 Å². The van der Waals surface area contributed by atoms with Crippen molar-refractivity contribution < 1.29 is 4.39 Å². The van der Waals surface area contributed by atoms with E-state index in [0.717, 1.165) is 9.99 Å². The minimum atomic E-state index is -0.316. The number of imidazole rings is 1. The zero-order valence-corrected chi connectivity index (χ0v) is 12.6. The van der Waals surface area contributed by atoms with Gasteiger partial charge >= 0.3 is 0 Å². The number of nitrogens with zero attached hydrogens (tertiary/aromatic N) is 1. The van der Waals surface area contributed by atoms with Crippen LogP contribution in [0.2, 0.25) is 5.02 Å². The van der Waals surface area contributed by atoms with Crippen LogP contribution in [0.3, 0.4) is 0 Å². The van der Waals surface area contributed by atoms with Crippen molar-refractivity contribution >= 4 is 50.8 Å². The van der Waals surface area contributed by atoms with E-state index in [2.05, 4.69) is 20.9 Å². The van der Waals surface area contributed by atoms with E-state index >= 15 is 0 Å². The average molecular weight is 358 g/mol. The van der Waals surface area contributed by atoms with Crippen molar-refractivity contribution in [2.75, 3.05) is 0 Å². The number of halogens is 3. The van der Waals surface area contributed by atoms with Gasteiger partial charge in [0, 0.05) is 10.5 Å². The molecular formula is C13H7BrClFN2S. The summed E-state index contributed by atoms with van der Waals surface area (Å²) in [7, 11) is 0. The summed E-state index contributed by atoms with van der Waals surface area (Å²) in [6.45, 7) is 0. The van der Waals surface area contributed by atoms with Crippen LogP contribution in [0.25, 0.3) is 16.7 Å². The summed E-state index contributed by atoms with van der Waals surface area (Å²) in [5, 5.41) is 0.538. The molecular weight excluding hydrogens is 351 g/mol. The maximum atomic E-state index is 13.4. The Morgan fingerprint density at radius 3 is 2.74 bits per heavy atom. The van der Waals surface area contributed by atoms with Crippen molar-refractivity contribution in [2.45, 2.75) is 0 Å². The van der Waals surface area contributed by atoms with E-state index < -0.39 is 0 Å². The molecule has 96 valence electrons. The summed E-state index contributed by atoms with van der Waals surface area (Å²) in [5.41, 5.74) is 2.14. The van der Waals surface area contributed by atoms with Crippen LogP contribution in [0.5, 0.6) is 0 Å². The van der Waals surface area contributed by atoms with Crippen molar-refractivity contribution in [3.8, 4) is 5.69 Å². The van der Waals surface area contributed by atoms with Crippen molar-refractivity contribution in [1.82, 2.24) is 9.55 Å². The SMILES string of the molecule is Fc1ccc2[nH]c(=S)n(-c3ccc(Br)cc3Cl)c2c1. The first kappa shape index (κ1) is 12.8. The Labute approximate surface area is 127 Å². The molecule has 19 heavy (non-hydrogen) atoms. The third-order valence-electron chi connectivity index (χ3n) is 2.80. The van der Waals surface area contributed by atoms with E-state index in [1.807, 2.05) is 12.1 Å². The molecule has 0 saturated heterocycles. The molecule has 2 aromatic carbocycles. The van der Waals surface area contributed by atoms with Crippen molar-refractivity contribution in [3.63, 3.8) is 0 Å². The van der Waals surface area contributed by atoms with Crippen molar-refractivity contribution in [1.29, 1.82) is 0 Å². The molecule has 1 heterocycles. The summed E-state index contributed by atoms with van der Waals surface area (Å²) in [5.74, 6) is -0.316. The molecule has 6 heteroatoms. The van der Waals surface area contributed by atoms with Crippen LogP contribution >= 0.6 is 39.7 Å². The second kappa shape index (κ2) is 4.74. The Morgan fingerprint density at radius 2 is 2.00 bits per heavy atom. The number of fused-ring (bicyclic) bond motifs is 1. The lowest BCUT2D eigenvalue weighted by atomic mass is 10.2. The van der Waals surface area contributed by atoms with Gasteiger partial charge in [0.2, 0.25) is 0 Å². The lowest BCUT2D eigenvalue weighted by Gasteiger charge is -2.07. The zero-order chi connectivity index (χ0) is 13.6. The maximum Gasteiger partial charge on any atom is 0.182 e. The Bertz CT molecular complexity index is 840. The quantitative estimate of drug-likeness (QED) is 0.590. The van der Waals surface area contributed by atoms with Gasteiger partial charge in [-0.2, -0.15) is 0 Å². The third-order valence-corrected chi connectivity index (χ3v) is 3.88. The number of aromatic nitrogens is 2. The molecule has 1 N–H and O–H groups in total. The monoisotopic (exact) mass is 356 g/mol. The molecule has 0 amide bonds. The zero-order valence-electron chi connectivity index (χ0n) is 9.45. The molecule has 0 spiro atoms. The van der Waals surface area contributed by atoms with E-state index in [9.17, 15) is 4.39 Å².